The molecule has 0 aromatic heterocycles. The predicted molar refractivity (Wildman–Crippen MR) is 85.8 cm³/mol. The maximum atomic E-state index is 3.97. The minimum Gasteiger partial charge on any atom is -0.313 e. The average Bonchev–Trinajstić information content (AvgIpc) is 2.94. The van der Waals surface area contributed by atoms with Gasteiger partial charge in [-0.2, -0.15) is 11.8 Å². The minimum atomic E-state index is 0.587. The Morgan fingerprint density at radius 3 is 2.42 bits per heavy atom. The summed E-state index contributed by atoms with van der Waals surface area (Å²) in [6.07, 6.45) is 18.6. The molecule has 110 valence electrons. The van der Waals surface area contributed by atoms with Gasteiger partial charge < -0.3 is 5.32 Å². The first-order valence-electron chi connectivity index (χ1n) is 8.60. The van der Waals surface area contributed by atoms with E-state index in [0.29, 0.717) is 4.75 Å². The highest BCUT2D eigenvalue weighted by molar-refractivity contribution is 8.00. The molecule has 3 saturated carbocycles. The van der Waals surface area contributed by atoms with Crippen molar-refractivity contribution in [1.82, 2.24) is 5.32 Å². The Balaban J connectivity index is 1.48. The smallest absolute Gasteiger partial charge is 0.0281 e. The lowest BCUT2D eigenvalue weighted by Crippen LogP contribution is -2.44. The Morgan fingerprint density at radius 2 is 1.68 bits per heavy atom. The highest BCUT2D eigenvalue weighted by Crippen LogP contribution is 2.42. The van der Waals surface area contributed by atoms with Crippen molar-refractivity contribution < 1.29 is 0 Å². The van der Waals surface area contributed by atoms with E-state index in [2.05, 4.69) is 23.3 Å². The molecule has 2 heteroatoms. The van der Waals surface area contributed by atoms with Crippen molar-refractivity contribution in [1.29, 1.82) is 0 Å². The van der Waals surface area contributed by atoms with Crippen LogP contribution in [0.25, 0.3) is 0 Å². The fourth-order valence-electron chi connectivity index (χ4n) is 4.86. The SMILES string of the molecule is CSC1(CNC2CCC3CCCCC3C2)CCCC1. The topological polar surface area (TPSA) is 12.0 Å². The first-order valence-corrected chi connectivity index (χ1v) is 9.82. The number of rotatable bonds is 4. The van der Waals surface area contributed by atoms with Crippen LogP contribution in [0.5, 0.6) is 0 Å². The monoisotopic (exact) mass is 281 g/mol. The summed E-state index contributed by atoms with van der Waals surface area (Å²) in [6, 6.07) is 0.837. The number of nitrogens with one attached hydrogen (secondary N) is 1. The van der Waals surface area contributed by atoms with Crippen LogP contribution < -0.4 is 5.32 Å². The van der Waals surface area contributed by atoms with Crippen molar-refractivity contribution in [3.05, 3.63) is 0 Å². The second kappa shape index (κ2) is 6.39. The summed E-state index contributed by atoms with van der Waals surface area (Å²) in [7, 11) is 0. The first kappa shape index (κ1) is 14.3. The van der Waals surface area contributed by atoms with Gasteiger partial charge in [0.2, 0.25) is 0 Å². The molecule has 0 bridgehead atoms. The molecule has 3 fully saturated rings. The van der Waals surface area contributed by atoms with Crippen LogP contribution in [-0.4, -0.2) is 23.6 Å². The lowest BCUT2D eigenvalue weighted by atomic mass is 9.69. The molecular weight excluding hydrogens is 250 g/mol. The normalized spacial score (nSPS) is 38.1. The zero-order valence-electron chi connectivity index (χ0n) is 12.6. The van der Waals surface area contributed by atoms with Gasteiger partial charge in [-0.25, -0.2) is 0 Å². The van der Waals surface area contributed by atoms with Crippen LogP contribution in [0.1, 0.15) is 70.6 Å². The predicted octanol–water partition coefficient (Wildman–Crippen LogP) is 4.61. The Hall–Kier alpha value is 0.310. The van der Waals surface area contributed by atoms with E-state index in [1.54, 1.807) is 0 Å². The van der Waals surface area contributed by atoms with Crippen molar-refractivity contribution in [3.8, 4) is 0 Å². The van der Waals surface area contributed by atoms with Gasteiger partial charge in [0.1, 0.15) is 0 Å². The van der Waals surface area contributed by atoms with Gasteiger partial charge in [0.25, 0.3) is 0 Å². The summed E-state index contributed by atoms with van der Waals surface area (Å²) >= 11 is 2.13. The molecule has 19 heavy (non-hydrogen) atoms. The second-order valence-electron chi connectivity index (χ2n) is 7.29. The molecule has 3 aliphatic carbocycles. The van der Waals surface area contributed by atoms with Crippen LogP contribution in [0.4, 0.5) is 0 Å². The summed E-state index contributed by atoms with van der Waals surface area (Å²) < 4.78 is 0.587. The number of fused-ring (bicyclic) bond motifs is 1. The first-order chi connectivity index (χ1) is 9.31. The van der Waals surface area contributed by atoms with E-state index < -0.39 is 0 Å². The fraction of sp³-hybridized carbons (Fsp3) is 1.00. The van der Waals surface area contributed by atoms with Gasteiger partial charge >= 0.3 is 0 Å². The molecule has 0 spiro atoms. The Kier molecular flexibility index (Phi) is 4.79. The Morgan fingerprint density at radius 1 is 0.947 bits per heavy atom. The molecule has 0 radical (unpaired) electrons. The molecule has 3 rings (SSSR count). The molecule has 3 unspecified atom stereocenters. The summed E-state index contributed by atoms with van der Waals surface area (Å²) in [6.45, 7) is 1.27. The molecular formula is C17H31NS. The van der Waals surface area contributed by atoms with Crippen LogP contribution in [-0.2, 0) is 0 Å². The van der Waals surface area contributed by atoms with Crippen LogP contribution in [0.2, 0.25) is 0 Å². The summed E-state index contributed by atoms with van der Waals surface area (Å²) in [5.41, 5.74) is 0. The van der Waals surface area contributed by atoms with Gasteiger partial charge in [0, 0.05) is 17.3 Å². The third-order valence-corrected chi connectivity index (χ3v) is 7.62. The van der Waals surface area contributed by atoms with E-state index in [4.69, 9.17) is 0 Å². The van der Waals surface area contributed by atoms with Gasteiger partial charge in [0.05, 0.1) is 0 Å². The van der Waals surface area contributed by atoms with E-state index in [-0.39, 0.29) is 0 Å². The Bertz CT molecular complexity index is 285. The zero-order chi connectivity index (χ0) is 13.1. The second-order valence-corrected chi connectivity index (χ2v) is 8.56. The van der Waals surface area contributed by atoms with Crippen molar-refractivity contribution in [2.75, 3.05) is 12.8 Å². The van der Waals surface area contributed by atoms with Gasteiger partial charge in [-0.1, -0.05) is 38.5 Å². The standard InChI is InChI=1S/C17H31NS/c1-19-17(10-4-5-11-17)13-18-16-9-8-14-6-2-3-7-15(14)12-16/h14-16,18H,2-13H2,1H3. The van der Waals surface area contributed by atoms with E-state index in [0.717, 1.165) is 17.9 Å². The van der Waals surface area contributed by atoms with Crippen molar-refractivity contribution in [2.45, 2.75) is 81.4 Å². The molecule has 0 amide bonds. The van der Waals surface area contributed by atoms with E-state index in [1.165, 1.54) is 77.2 Å². The highest BCUT2D eigenvalue weighted by atomic mass is 32.2. The van der Waals surface area contributed by atoms with Crippen molar-refractivity contribution in [3.63, 3.8) is 0 Å². The third kappa shape index (κ3) is 3.32. The molecule has 1 N–H and O–H groups in total. The van der Waals surface area contributed by atoms with Crippen LogP contribution in [0.3, 0.4) is 0 Å². The number of hydrogen-bond donors (Lipinski definition) is 1. The maximum Gasteiger partial charge on any atom is 0.0281 e. The summed E-state index contributed by atoms with van der Waals surface area (Å²) in [5.74, 6) is 2.15. The van der Waals surface area contributed by atoms with Crippen molar-refractivity contribution in [2.24, 2.45) is 11.8 Å². The quantitative estimate of drug-likeness (QED) is 0.807. The van der Waals surface area contributed by atoms with E-state index in [9.17, 15) is 0 Å². The fourth-order valence-corrected chi connectivity index (χ4v) is 5.79. The molecule has 1 nitrogen and oxygen atoms in total. The lowest BCUT2D eigenvalue weighted by Gasteiger charge is -2.40. The van der Waals surface area contributed by atoms with Gasteiger partial charge in [-0.3, -0.25) is 0 Å². The largest absolute Gasteiger partial charge is 0.313 e. The summed E-state index contributed by atoms with van der Waals surface area (Å²) in [5, 5.41) is 3.97. The molecule has 3 aliphatic rings. The average molecular weight is 282 g/mol. The molecule has 0 saturated heterocycles. The number of hydrogen-bond acceptors (Lipinski definition) is 2. The van der Waals surface area contributed by atoms with E-state index in [1.807, 2.05) is 0 Å². The van der Waals surface area contributed by atoms with Crippen LogP contribution >= 0.6 is 11.8 Å². The lowest BCUT2D eigenvalue weighted by molar-refractivity contribution is 0.142. The highest BCUT2D eigenvalue weighted by Gasteiger charge is 2.36. The van der Waals surface area contributed by atoms with Crippen molar-refractivity contribution >= 4 is 11.8 Å². The minimum absolute atomic E-state index is 0.587. The van der Waals surface area contributed by atoms with Gasteiger partial charge in [0.15, 0.2) is 0 Å². The van der Waals surface area contributed by atoms with E-state index >= 15 is 0 Å². The molecule has 0 aromatic carbocycles. The van der Waals surface area contributed by atoms with Crippen LogP contribution in [0.15, 0.2) is 0 Å². The molecule has 0 heterocycles. The molecule has 0 aromatic rings. The van der Waals surface area contributed by atoms with Gasteiger partial charge in [-0.05, 0) is 50.2 Å². The molecule has 3 atom stereocenters. The van der Waals surface area contributed by atoms with Crippen LogP contribution in [0, 0.1) is 11.8 Å². The third-order valence-electron chi connectivity index (χ3n) is 6.20. The van der Waals surface area contributed by atoms with Gasteiger partial charge in [-0.15, -0.1) is 0 Å². The Labute approximate surface area is 123 Å². The summed E-state index contributed by atoms with van der Waals surface area (Å²) in [4.78, 5) is 0. The zero-order valence-corrected chi connectivity index (χ0v) is 13.4. The molecule has 0 aliphatic heterocycles. The number of thioether (sulfide) groups is 1. The maximum absolute atomic E-state index is 3.97.